The Hall–Kier alpha value is -2.47. The summed E-state index contributed by atoms with van der Waals surface area (Å²) in [6, 6.07) is 8.58. The number of carbonyl (C=O) groups excluding carboxylic acids is 1. The van der Waals surface area contributed by atoms with Crippen molar-refractivity contribution in [1.82, 2.24) is 4.57 Å². The molecule has 0 N–H and O–H groups in total. The SMILES string of the molecule is [2H]C([2H])([2H])C([2H])([2H])n1c(Cc2ccc(Cl)cc2C(F)(F)F)cc2cc(C(=O)OC)ccc21. The number of esters is 1. The molecule has 0 atom stereocenters. The first kappa shape index (κ1) is 13.7. The van der Waals surface area contributed by atoms with Crippen LogP contribution in [-0.4, -0.2) is 17.6 Å². The maximum Gasteiger partial charge on any atom is 0.416 e. The van der Waals surface area contributed by atoms with Crippen LogP contribution in [0.25, 0.3) is 10.9 Å². The second-order valence-corrected chi connectivity index (χ2v) is 6.26. The number of hydrogen-bond donors (Lipinski definition) is 0. The van der Waals surface area contributed by atoms with Gasteiger partial charge in [0, 0.05) is 41.4 Å². The molecule has 0 bridgehead atoms. The number of methoxy groups -OCH3 is 1. The van der Waals surface area contributed by atoms with Crippen LogP contribution >= 0.6 is 11.6 Å². The molecule has 0 aliphatic rings. The second kappa shape index (κ2) is 7.27. The number of halogens is 4. The molecular weight excluding hydrogens is 379 g/mol. The van der Waals surface area contributed by atoms with Gasteiger partial charge in [0.15, 0.2) is 0 Å². The Morgan fingerprint density at radius 3 is 2.70 bits per heavy atom. The summed E-state index contributed by atoms with van der Waals surface area (Å²) in [5, 5.41) is 0.153. The van der Waals surface area contributed by atoms with Crippen LogP contribution < -0.4 is 0 Å². The van der Waals surface area contributed by atoms with Crippen LogP contribution in [0.4, 0.5) is 13.2 Å². The van der Waals surface area contributed by atoms with E-state index >= 15 is 0 Å². The Bertz CT molecular complexity index is 1190. The zero-order valence-corrected chi connectivity index (χ0v) is 14.8. The molecule has 0 aliphatic carbocycles. The highest BCUT2D eigenvalue weighted by molar-refractivity contribution is 6.30. The molecule has 1 aromatic heterocycles. The fraction of sp³-hybridized carbons (Fsp3) is 0.250. The summed E-state index contributed by atoms with van der Waals surface area (Å²) in [6.07, 6.45) is -5.15. The van der Waals surface area contributed by atoms with E-state index in [2.05, 4.69) is 4.74 Å². The van der Waals surface area contributed by atoms with E-state index in [9.17, 15) is 18.0 Å². The van der Waals surface area contributed by atoms with Gasteiger partial charge in [-0.2, -0.15) is 13.2 Å². The van der Waals surface area contributed by atoms with E-state index < -0.39 is 37.5 Å². The van der Waals surface area contributed by atoms with Gasteiger partial charge in [-0.1, -0.05) is 17.7 Å². The lowest BCUT2D eigenvalue weighted by Crippen LogP contribution is -2.11. The Balaban J connectivity index is 2.27. The van der Waals surface area contributed by atoms with E-state index in [0.29, 0.717) is 0 Å². The molecular formula is C20H17ClF3NO2. The van der Waals surface area contributed by atoms with Gasteiger partial charge in [0.1, 0.15) is 0 Å². The normalized spacial score (nSPS) is 15.5. The van der Waals surface area contributed by atoms with Crippen LogP contribution in [0, 0.1) is 0 Å². The van der Waals surface area contributed by atoms with Gasteiger partial charge >= 0.3 is 12.1 Å². The Kier molecular flexibility index (Phi) is 3.68. The van der Waals surface area contributed by atoms with Crippen molar-refractivity contribution < 1.29 is 29.6 Å². The lowest BCUT2D eigenvalue weighted by Gasteiger charge is -2.14. The number of rotatable bonds is 4. The summed E-state index contributed by atoms with van der Waals surface area (Å²) < 4.78 is 85.6. The maximum atomic E-state index is 13.6. The number of alkyl halides is 3. The van der Waals surface area contributed by atoms with Crippen molar-refractivity contribution in [2.24, 2.45) is 0 Å². The predicted octanol–water partition coefficient (Wildman–Crippen LogP) is 5.71. The molecule has 2 aromatic carbocycles. The summed E-state index contributed by atoms with van der Waals surface area (Å²) >= 11 is 5.73. The molecule has 0 saturated heterocycles. The molecule has 142 valence electrons. The predicted molar refractivity (Wildman–Crippen MR) is 98.2 cm³/mol. The molecule has 1 heterocycles. The standard InChI is InChI=1S/C20H17ClF3NO2/c1-3-25-16(9-12-4-6-15(21)11-17(12)20(22,23)24)10-14-8-13(19(26)27-2)5-7-18(14)25/h4-8,10-11H,3,9H2,1-2H3/i1D3,3D2. The number of carbonyl (C=O) groups is 1. The van der Waals surface area contributed by atoms with Crippen LogP contribution in [0.1, 0.15) is 40.9 Å². The highest BCUT2D eigenvalue weighted by Gasteiger charge is 2.33. The zero-order valence-electron chi connectivity index (χ0n) is 19.0. The van der Waals surface area contributed by atoms with Crippen molar-refractivity contribution in [3.8, 4) is 0 Å². The molecule has 3 aromatic rings. The number of fused-ring (bicyclic) bond motifs is 1. The molecule has 0 amide bonds. The van der Waals surface area contributed by atoms with Gasteiger partial charge in [-0.05, 0) is 48.8 Å². The van der Waals surface area contributed by atoms with E-state index in [1.165, 1.54) is 37.4 Å². The Morgan fingerprint density at radius 1 is 1.26 bits per heavy atom. The lowest BCUT2D eigenvalue weighted by atomic mass is 10.0. The minimum atomic E-state index is -4.72. The van der Waals surface area contributed by atoms with Gasteiger partial charge in [-0.3, -0.25) is 0 Å². The number of hydrogen-bond acceptors (Lipinski definition) is 2. The summed E-state index contributed by atoms with van der Waals surface area (Å²) in [4.78, 5) is 11.9. The summed E-state index contributed by atoms with van der Waals surface area (Å²) in [5.74, 6) is -0.669. The van der Waals surface area contributed by atoms with Crippen LogP contribution in [0.5, 0.6) is 0 Å². The van der Waals surface area contributed by atoms with Gasteiger partial charge in [-0.15, -0.1) is 0 Å². The minimum absolute atomic E-state index is 0.0176. The fourth-order valence-electron chi connectivity index (χ4n) is 2.94. The average Bonchev–Trinajstić information content (AvgIpc) is 3.04. The third kappa shape index (κ3) is 3.81. The number of ether oxygens (including phenoxy) is 1. The van der Waals surface area contributed by atoms with E-state index in [1.54, 1.807) is 0 Å². The molecule has 0 saturated carbocycles. The third-order valence-electron chi connectivity index (χ3n) is 4.16. The Labute approximate surface area is 166 Å². The van der Waals surface area contributed by atoms with Crippen molar-refractivity contribution in [2.75, 3.05) is 7.11 Å². The molecule has 0 spiro atoms. The summed E-state index contributed by atoms with van der Waals surface area (Å²) in [7, 11) is 1.18. The number of benzene rings is 2. The fourth-order valence-corrected chi connectivity index (χ4v) is 3.11. The molecule has 0 radical (unpaired) electrons. The smallest absolute Gasteiger partial charge is 0.416 e. The monoisotopic (exact) mass is 400 g/mol. The van der Waals surface area contributed by atoms with Crippen molar-refractivity contribution >= 4 is 28.5 Å². The van der Waals surface area contributed by atoms with Crippen LogP contribution in [0.3, 0.4) is 0 Å². The van der Waals surface area contributed by atoms with Gasteiger partial charge in [0.2, 0.25) is 0 Å². The summed E-state index contributed by atoms with van der Waals surface area (Å²) in [5.41, 5.74) is -1.00. The number of nitrogens with zero attached hydrogens (tertiary/aromatic N) is 1. The van der Waals surface area contributed by atoms with Crippen molar-refractivity contribution in [2.45, 2.75) is 25.9 Å². The van der Waals surface area contributed by atoms with Crippen molar-refractivity contribution in [3.05, 3.63) is 69.9 Å². The quantitative estimate of drug-likeness (QED) is 0.525. The third-order valence-corrected chi connectivity index (χ3v) is 4.39. The number of aryl methyl sites for hydroxylation is 1. The van der Waals surface area contributed by atoms with Crippen LogP contribution in [-0.2, 0) is 23.8 Å². The van der Waals surface area contributed by atoms with Gasteiger partial charge in [0.25, 0.3) is 0 Å². The molecule has 3 rings (SSSR count). The Morgan fingerprint density at radius 2 is 2.04 bits per heavy atom. The van der Waals surface area contributed by atoms with Gasteiger partial charge < -0.3 is 9.30 Å². The first-order chi connectivity index (χ1) is 14.7. The highest BCUT2D eigenvalue weighted by atomic mass is 35.5. The molecule has 27 heavy (non-hydrogen) atoms. The van der Waals surface area contributed by atoms with Gasteiger partial charge in [0.05, 0.1) is 18.2 Å². The van der Waals surface area contributed by atoms with E-state index in [0.717, 1.165) is 16.7 Å². The first-order valence-corrected chi connectivity index (χ1v) is 8.13. The van der Waals surface area contributed by atoms with Gasteiger partial charge in [-0.25, -0.2) is 4.79 Å². The van der Waals surface area contributed by atoms with E-state index in [4.69, 9.17) is 18.5 Å². The first-order valence-electron chi connectivity index (χ1n) is 10.3. The molecule has 3 nitrogen and oxygen atoms in total. The molecule has 0 unspecified atom stereocenters. The van der Waals surface area contributed by atoms with Crippen molar-refractivity contribution in [1.29, 1.82) is 0 Å². The van der Waals surface area contributed by atoms with Crippen molar-refractivity contribution in [3.63, 3.8) is 0 Å². The average molecular weight is 401 g/mol. The molecule has 0 fully saturated rings. The van der Waals surface area contributed by atoms with Crippen LogP contribution in [0.2, 0.25) is 5.02 Å². The van der Waals surface area contributed by atoms with Crippen LogP contribution in [0.15, 0.2) is 42.5 Å². The second-order valence-electron chi connectivity index (χ2n) is 5.82. The maximum absolute atomic E-state index is 13.6. The molecule has 0 aliphatic heterocycles. The summed E-state index contributed by atoms with van der Waals surface area (Å²) in [6.45, 7) is -6.07. The van der Waals surface area contributed by atoms with E-state index in [1.807, 2.05) is 0 Å². The topological polar surface area (TPSA) is 31.2 Å². The molecule has 7 heteroatoms. The highest BCUT2D eigenvalue weighted by Crippen LogP contribution is 2.35. The zero-order chi connectivity index (χ0) is 24.1. The minimum Gasteiger partial charge on any atom is -0.465 e. The van der Waals surface area contributed by atoms with E-state index in [-0.39, 0.29) is 32.7 Å². The number of aromatic nitrogens is 1. The largest absolute Gasteiger partial charge is 0.465 e. The lowest BCUT2D eigenvalue weighted by molar-refractivity contribution is -0.138.